The fraction of sp³-hybridized carbons (Fsp3) is 0.261. The van der Waals surface area contributed by atoms with Gasteiger partial charge < -0.3 is 14.5 Å². The molecule has 0 bridgehead atoms. The summed E-state index contributed by atoms with van der Waals surface area (Å²) >= 11 is 6.07. The Morgan fingerprint density at radius 1 is 1.17 bits per heavy atom. The molecule has 0 saturated heterocycles. The van der Waals surface area contributed by atoms with Crippen LogP contribution in [0.25, 0.3) is 11.1 Å². The Morgan fingerprint density at radius 2 is 1.93 bits per heavy atom. The molecule has 1 N–H and O–H groups in total. The Balaban J connectivity index is 1.73. The van der Waals surface area contributed by atoms with E-state index in [2.05, 4.69) is 10.3 Å². The zero-order chi connectivity index (χ0) is 21.5. The average molecular weight is 427 g/mol. The minimum absolute atomic E-state index is 0.0583. The molecule has 3 rings (SSSR count). The molecule has 1 aromatic heterocycles. The topological polar surface area (TPSA) is 81.4 Å². The monoisotopic (exact) mass is 426 g/mol. The van der Waals surface area contributed by atoms with Crippen LogP contribution in [-0.2, 0) is 16.0 Å². The summed E-state index contributed by atoms with van der Waals surface area (Å²) in [5.74, 6) is -0.274. The molecule has 1 heterocycles. The first-order valence-corrected chi connectivity index (χ1v) is 10.1. The van der Waals surface area contributed by atoms with E-state index in [1.807, 2.05) is 48.5 Å². The second-order valence-electron chi connectivity index (χ2n) is 6.83. The molecule has 0 spiro atoms. The van der Waals surface area contributed by atoms with Gasteiger partial charge in [-0.15, -0.1) is 0 Å². The molecule has 3 aromatic rings. The maximum absolute atomic E-state index is 12.5. The van der Waals surface area contributed by atoms with Gasteiger partial charge in [-0.2, -0.15) is 0 Å². The first kappa shape index (κ1) is 21.6. The predicted molar refractivity (Wildman–Crippen MR) is 114 cm³/mol. The fourth-order valence-corrected chi connectivity index (χ4v) is 3.29. The van der Waals surface area contributed by atoms with E-state index in [-0.39, 0.29) is 24.8 Å². The summed E-state index contributed by atoms with van der Waals surface area (Å²) in [4.78, 5) is 28.4. The third-order valence-corrected chi connectivity index (χ3v) is 4.73. The van der Waals surface area contributed by atoms with E-state index in [1.54, 1.807) is 13.8 Å². The van der Waals surface area contributed by atoms with E-state index in [4.69, 9.17) is 20.8 Å². The smallest absolute Gasteiger partial charge is 0.307 e. The normalized spacial score (nSPS) is 11.7. The summed E-state index contributed by atoms with van der Waals surface area (Å²) in [6, 6.07) is 15.1. The van der Waals surface area contributed by atoms with Crippen molar-refractivity contribution in [3.63, 3.8) is 0 Å². The molecule has 0 unspecified atom stereocenters. The van der Waals surface area contributed by atoms with Crippen LogP contribution < -0.4 is 5.32 Å². The number of aromatic nitrogens is 1. The highest BCUT2D eigenvalue weighted by atomic mass is 35.5. The molecule has 1 amide bonds. The van der Waals surface area contributed by atoms with Crippen LogP contribution in [0.3, 0.4) is 0 Å². The first-order chi connectivity index (χ1) is 14.4. The molecule has 7 heteroatoms. The van der Waals surface area contributed by atoms with E-state index >= 15 is 0 Å². The van der Waals surface area contributed by atoms with E-state index in [0.29, 0.717) is 17.3 Å². The third-order valence-electron chi connectivity index (χ3n) is 4.49. The number of hydrogen-bond acceptors (Lipinski definition) is 5. The van der Waals surface area contributed by atoms with Crippen molar-refractivity contribution in [2.24, 2.45) is 0 Å². The van der Waals surface area contributed by atoms with Crippen LogP contribution in [0, 0.1) is 6.92 Å². The fourth-order valence-electron chi connectivity index (χ4n) is 3.10. The highest BCUT2D eigenvalue weighted by Gasteiger charge is 2.21. The quantitative estimate of drug-likeness (QED) is 0.532. The van der Waals surface area contributed by atoms with Crippen LogP contribution >= 0.6 is 11.6 Å². The number of rotatable bonds is 8. The lowest BCUT2D eigenvalue weighted by Gasteiger charge is -2.18. The summed E-state index contributed by atoms with van der Waals surface area (Å²) in [7, 11) is 0. The summed E-state index contributed by atoms with van der Waals surface area (Å²) in [5, 5.41) is 3.52. The third kappa shape index (κ3) is 5.94. The molecular formula is C23H23ClN2O4. The van der Waals surface area contributed by atoms with Crippen molar-refractivity contribution in [3.8, 4) is 11.1 Å². The molecule has 156 valence electrons. The number of halogens is 1. The molecule has 6 nitrogen and oxygen atoms in total. The number of ether oxygens (including phenoxy) is 1. The average Bonchev–Trinajstić information content (AvgIpc) is 3.15. The number of nitrogens with one attached hydrogen (secondary N) is 1. The van der Waals surface area contributed by atoms with Crippen molar-refractivity contribution >= 4 is 23.5 Å². The maximum Gasteiger partial charge on any atom is 0.307 e. The number of oxazole rings is 1. The van der Waals surface area contributed by atoms with Crippen LogP contribution in [0.2, 0.25) is 5.02 Å². The second kappa shape index (κ2) is 10.1. The molecule has 0 aliphatic carbocycles. The number of nitrogens with zero attached hydrogens (tertiary/aromatic N) is 1. The van der Waals surface area contributed by atoms with Crippen LogP contribution in [0.4, 0.5) is 0 Å². The largest absolute Gasteiger partial charge is 0.466 e. The zero-order valence-corrected chi connectivity index (χ0v) is 17.6. The molecule has 0 radical (unpaired) electrons. The van der Waals surface area contributed by atoms with Crippen molar-refractivity contribution < 1.29 is 18.7 Å². The first-order valence-electron chi connectivity index (χ1n) is 9.68. The summed E-state index contributed by atoms with van der Waals surface area (Å²) in [6.07, 6.45) is 1.89. The molecule has 2 aromatic carbocycles. The van der Waals surface area contributed by atoms with Gasteiger partial charge in [0.05, 0.1) is 19.2 Å². The van der Waals surface area contributed by atoms with Crippen molar-refractivity contribution in [1.29, 1.82) is 0 Å². The van der Waals surface area contributed by atoms with Gasteiger partial charge in [-0.25, -0.2) is 4.98 Å². The number of hydrogen-bond donors (Lipinski definition) is 1. The summed E-state index contributed by atoms with van der Waals surface area (Å²) in [6.45, 7) is 3.70. The van der Waals surface area contributed by atoms with Crippen LogP contribution in [-0.4, -0.2) is 29.5 Å². The van der Waals surface area contributed by atoms with Crippen molar-refractivity contribution in [1.82, 2.24) is 10.3 Å². The molecule has 0 aliphatic heterocycles. The Hall–Kier alpha value is -3.12. The highest BCUT2D eigenvalue weighted by Crippen LogP contribution is 2.23. The predicted octanol–water partition coefficient (Wildman–Crippen LogP) is 4.60. The van der Waals surface area contributed by atoms with Gasteiger partial charge in [-0.05, 0) is 42.2 Å². The second-order valence-corrected chi connectivity index (χ2v) is 7.27. The Morgan fingerprint density at radius 3 is 2.57 bits per heavy atom. The number of carbonyl (C=O) groups excluding carboxylic acids is 2. The lowest BCUT2D eigenvalue weighted by Crippen LogP contribution is -2.38. The molecule has 0 fully saturated rings. The van der Waals surface area contributed by atoms with E-state index < -0.39 is 11.9 Å². The Bertz CT molecular complexity index is 1010. The molecule has 30 heavy (non-hydrogen) atoms. The van der Waals surface area contributed by atoms with E-state index in [0.717, 1.165) is 16.7 Å². The lowest BCUT2D eigenvalue weighted by atomic mass is 9.99. The molecule has 0 saturated carbocycles. The van der Waals surface area contributed by atoms with Crippen LogP contribution in [0.5, 0.6) is 0 Å². The van der Waals surface area contributed by atoms with Crippen molar-refractivity contribution in [3.05, 3.63) is 77.0 Å². The van der Waals surface area contributed by atoms with Gasteiger partial charge in [0, 0.05) is 18.0 Å². The van der Waals surface area contributed by atoms with Gasteiger partial charge >= 0.3 is 5.97 Å². The van der Waals surface area contributed by atoms with Gasteiger partial charge in [0.1, 0.15) is 0 Å². The van der Waals surface area contributed by atoms with Gasteiger partial charge in [0.2, 0.25) is 5.76 Å². The number of amides is 1. The van der Waals surface area contributed by atoms with Gasteiger partial charge in [-0.1, -0.05) is 48.0 Å². The standard InChI is InChI=1S/C23H23ClN2O4/c1-3-29-22(27)13-20(26-23(28)21-14-25-15(2)30-21)11-16-7-9-17(10-8-16)18-5-4-6-19(24)12-18/h4-10,12,14,20H,3,11,13H2,1-2H3,(H,26,28)/t20-/m1/s1. The minimum atomic E-state index is -0.445. The highest BCUT2D eigenvalue weighted by molar-refractivity contribution is 6.30. The number of benzene rings is 2. The summed E-state index contributed by atoms with van der Waals surface area (Å²) < 4.78 is 10.3. The van der Waals surface area contributed by atoms with Crippen molar-refractivity contribution in [2.45, 2.75) is 32.7 Å². The Kier molecular flexibility index (Phi) is 7.25. The number of aryl methyl sites for hydroxylation is 1. The Labute approximate surface area is 180 Å². The summed E-state index contributed by atoms with van der Waals surface area (Å²) in [5.41, 5.74) is 3.03. The van der Waals surface area contributed by atoms with Gasteiger partial charge in [0.25, 0.3) is 5.91 Å². The van der Waals surface area contributed by atoms with Gasteiger partial charge in [-0.3, -0.25) is 9.59 Å². The van der Waals surface area contributed by atoms with Crippen molar-refractivity contribution in [2.75, 3.05) is 6.61 Å². The molecule has 0 aliphatic rings. The van der Waals surface area contributed by atoms with E-state index in [1.165, 1.54) is 6.20 Å². The SMILES string of the molecule is CCOC(=O)C[C@@H](Cc1ccc(-c2cccc(Cl)c2)cc1)NC(=O)c1cnc(C)o1. The number of esters is 1. The van der Waals surface area contributed by atoms with Crippen LogP contribution in [0.1, 0.15) is 35.4 Å². The van der Waals surface area contributed by atoms with Crippen LogP contribution in [0.15, 0.2) is 59.1 Å². The van der Waals surface area contributed by atoms with Gasteiger partial charge in [0.15, 0.2) is 5.89 Å². The number of carbonyl (C=O) groups is 2. The lowest BCUT2D eigenvalue weighted by molar-refractivity contribution is -0.143. The zero-order valence-electron chi connectivity index (χ0n) is 16.9. The molecule has 1 atom stereocenters. The van der Waals surface area contributed by atoms with E-state index in [9.17, 15) is 9.59 Å². The maximum atomic E-state index is 12.5. The molecular weight excluding hydrogens is 404 g/mol. The minimum Gasteiger partial charge on any atom is -0.466 e.